The molecule has 1 aliphatic rings. The molecule has 82 valence electrons. The molecule has 1 aromatic carbocycles. The summed E-state index contributed by atoms with van der Waals surface area (Å²) in [4.78, 5) is 0. The third-order valence-corrected chi connectivity index (χ3v) is 3.24. The highest BCUT2D eigenvalue weighted by Gasteiger charge is 2.21. The van der Waals surface area contributed by atoms with Gasteiger partial charge >= 0.3 is 0 Å². The molecule has 2 heteroatoms. The third-order valence-electron chi connectivity index (χ3n) is 3.24. The SMILES string of the molecule is OC1CCCCC(c2ccccc2F)C1. The van der Waals surface area contributed by atoms with Crippen LogP contribution in [0.5, 0.6) is 0 Å². The second-order valence-corrected chi connectivity index (χ2v) is 4.39. The first-order valence-electron chi connectivity index (χ1n) is 5.70. The lowest BCUT2D eigenvalue weighted by molar-refractivity contribution is 0.151. The molecular formula is C13H17FO. The molecule has 2 unspecified atom stereocenters. The Hall–Kier alpha value is -0.890. The monoisotopic (exact) mass is 208 g/mol. The van der Waals surface area contributed by atoms with E-state index in [-0.39, 0.29) is 17.8 Å². The predicted octanol–water partition coefficient (Wildman–Crippen LogP) is 3.23. The Balaban J connectivity index is 2.18. The van der Waals surface area contributed by atoms with Gasteiger partial charge in [-0.25, -0.2) is 4.39 Å². The highest BCUT2D eigenvalue weighted by atomic mass is 19.1. The van der Waals surface area contributed by atoms with Crippen molar-refractivity contribution in [3.63, 3.8) is 0 Å². The molecule has 15 heavy (non-hydrogen) atoms. The molecule has 0 amide bonds. The molecule has 2 rings (SSSR count). The summed E-state index contributed by atoms with van der Waals surface area (Å²) in [5.74, 6) is 0.0697. The molecule has 0 heterocycles. The lowest BCUT2D eigenvalue weighted by Crippen LogP contribution is -2.10. The van der Waals surface area contributed by atoms with Gasteiger partial charge in [0.15, 0.2) is 0 Å². The molecule has 0 aromatic heterocycles. The van der Waals surface area contributed by atoms with Crippen molar-refractivity contribution in [2.24, 2.45) is 0 Å². The Morgan fingerprint density at radius 3 is 2.67 bits per heavy atom. The van der Waals surface area contributed by atoms with Crippen LogP contribution in [0.2, 0.25) is 0 Å². The van der Waals surface area contributed by atoms with Crippen LogP contribution in [0.25, 0.3) is 0 Å². The van der Waals surface area contributed by atoms with Crippen molar-refractivity contribution < 1.29 is 9.50 Å². The summed E-state index contributed by atoms with van der Waals surface area (Å²) in [5.41, 5.74) is 0.776. The average Bonchev–Trinajstić information content (AvgIpc) is 2.43. The number of hydrogen-bond acceptors (Lipinski definition) is 1. The predicted molar refractivity (Wildman–Crippen MR) is 58.2 cm³/mol. The van der Waals surface area contributed by atoms with Gasteiger partial charge < -0.3 is 5.11 Å². The Morgan fingerprint density at radius 2 is 1.87 bits per heavy atom. The Morgan fingerprint density at radius 1 is 1.13 bits per heavy atom. The molecule has 1 nitrogen and oxygen atoms in total. The van der Waals surface area contributed by atoms with Gasteiger partial charge in [-0.2, -0.15) is 0 Å². The van der Waals surface area contributed by atoms with E-state index in [1.54, 1.807) is 6.07 Å². The van der Waals surface area contributed by atoms with E-state index in [0.717, 1.165) is 31.2 Å². The quantitative estimate of drug-likeness (QED) is 0.702. The summed E-state index contributed by atoms with van der Waals surface area (Å²) in [7, 11) is 0. The molecule has 1 aliphatic carbocycles. The van der Waals surface area contributed by atoms with Crippen molar-refractivity contribution in [2.45, 2.75) is 44.1 Å². The second-order valence-electron chi connectivity index (χ2n) is 4.39. The summed E-state index contributed by atoms with van der Waals surface area (Å²) in [6, 6.07) is 6.94. The minimum Gasteiger partial charge on any atom is -0.393 e. The van der Waals surface area contributed by atoms with E-state index in [1.165, 1.54) is 6.07 Å². The van der Waals surface area contributed by atoms with Crippen LogP contribution in [0.3, 0.4) is 0 Å². The van der Waals surface area contributed by atoms with Gasteiger partial charge in [0.2, 0.25) is 0 Å². The molecule has 0 saturated heterocycles. The van der Waals surface area contributed by atoms with Crippen LogP contribution in [-0.2, 0) is 0 Å². The van der Waals surface area contributed by atoms with Gasteiger partial charge in [-0.05, 0) is 36.8 Å². The van der Waals surface area contributed by atoms with E-state index in [2.05, 4.69) is 0 Å². The van der Waals surface area contributed by atoms with Gasteiger partial charge in [0.05, 0.1) is 6.10 Å². The van der Waals surface area contributed by atoms with E-state index in [1.807, 2.05) is 12.1 Å². The molecule has 0 bridgehead atoms. The first-order chi connectivity index (χ1) is 7.27. The van der Waals surface area contributed by atoms with Crippen LogP contribution in [-0.4, -0.2) is 11.2 Å². The van der Waals surface area contributed by atoms with Crippen molar-refractivity contribution >= 4 is 0 Å². The average molecular weight is 208 g/mol. The summed E-state index contributed by atoms with van der Waals surface area (Å²) in [6.45, 7) is 0. The highest BCUT2D eigenvalue weighted by Crippen LogP contribution is 2.32. The van der Waals surface area contributed by atoms with Crippen LogP contribution >= 0.6 is 0 Å². The smallest absolute Gasteiger partial charge is 0.126 e. The van der Waals surface area contributed by atoms with Crippen molar-refractivity contribution in [3.05, 3.63) is 35.6 Å². The topological polar surface area (TPSA) is 20.2 Å². The fourth-order valence-electron chi connectivity index (χ4n) is 2.42. The van der Waals surface area contributed by atoms with Gasteiger partial charge in [0.1, 0.15) is 5.82 Å². The summed E-state index contributed by atoms with van der Waals surface area (Å²) >= 11 is 0. The van der Waals surface area contributed by atoms with Crippen molar-refractivity contribution in [2.75, 3.05) is 0 Å². The number of rotatable bonds is 1. The van der Waals surface area contributed by atoms with Gasteiger partial charge in [-0.3, -0.25) is 0 Å². The van der Waals surface area contributed by atoms with Gasteiger partial charge in [-0.15, -0.1) is 0 Å². The lowest BCUT2D eigenvalue weighted by Gasteiger charge is -2.17. The molecule has 1 aromatic rings. The molecule has 1 fully saturated rings. The summed E-state index contributed by atoms with van der Waals surface area (Å²) in [6.07, 6.45) is 4.48. The number of aliphatic hydroxyl groups excluding tert-OH is 1. The first-order valence-corrected chi connectivity index (χ1v) is 5.70. The third kappa shape index (κ3) is 2.57. The fraction of sp³-hybridized carbons (Fsp3) is 0.538. The maximum Gasteiger partial charge on any atom is 0.126 e. The van der Waals surface area contributed by atoms with E-state index < -0.39 is 0 Å². The van der Waals surface area contributed by atoms with E-state index >= 15 is 0 Å². The van der Waals surface area contributed by atoms with Crippen LogP contribution in [0.1, 0.15) is 43.6 Å². The van der Waals surface area contributed by atoms with Crippen molar-refractivity contribution in [1.29, 1.82) is 0 Å². The number of benzene rings is 1. The Kier molecular flexibility index (Phi) is 3.37. The maximum atomic E-state index is 13.6. The minimum absolute atomic E-state index is 0.128. The van der Waals surface area contributed by atoms with Crippen molar-refractivity contribution in [3.8, 4) is 0 Å². The summed E-state index contributed by atoms with van der Waals surface area (Å²) in [5, 5.41) is 9.69. The molecule has 1 saturated carbocycles. The molecule has 0 radical (unpaired) electrons. The zero-order valence-corrected chi connectivity index (χ0v) is 8.82. The largest absolute Gasteiger partial charge is 0.393 e. The molecular weight excluding hydrogens is 191 g/mol. The fourth-order valence-corrected chi connectivity index (χ4v) is 2.42. The zero-order chi connectivity index (χ0) is 10.7. The van der Waals surface area contributed by atoms with Gasteiger partial charge in [0, 0.05) is 0 Å². The number of aliphatic hydroxyl groups is 1. The first kappa shape index (κ1) is 10.6. The van der Waals surface area contributed by atoms with Crippen LogP contribution in [0, 0.1) is 5.82 Å². The Labute approximate surface area is 89.9 Å². The minimum atomic E-state index is -0.253. The van der Waals surface area contributed by atoms with Gasteiger partial charge in [0.25, 0.3) is 0 Å². The highest BCUT2D eigenvalue weighted by molar-refractivity contribution is 5.22. The molecule has 0 aliphatic heterocycles. The van der Waals surface area contributed by atoms with Gasteiger partial charge in [-0.1, -0.05) is 31.0 Å². The van der Waals surface area contributed by atoms with E-state index in [4.69, 9.17) is 0 Å². The van der Waals surface area contributed by atoms with Crippen LogP contribution in [0.4, 0.5) is 4.39 Å². The molecule has 0 spiro atoms. The van der Waals surface area contributed by atoms with E-state index in [0.29, 0.717) is 6.42 Å². The number of hydrogen-bond donors (Lipinski definition) is 1. The second kappa shape index (κ2) is 4.75. The number of halogens is 1. The molecule has 1 N–H and O–H groups in total. The zero-order valence-electron chi connectivity index (χ0n) is 8.82. The van der Waals surface area contributed by atoms with Crippen LogP contribution in [0.15, 0.2) is 24.3 Å². The lowest BCUT2D eigenvalue weighted by atomic mass is 9.91. The Bertz CT molecular complexity index is 324. The standard InChI is InChI=1S/C13H17FO/c14-13-8-4-3-7-12(13)10-5-1-2-6-11(15)9-10/h3-4,7-8,10-11,15H,1-2,5-6,9H2. The normalized spacial score (nSPS) is 27.3. The molecule has 2 atom stereocenters. The van der Waals surface area contributed by atoms with E-state index in [9.17, 15) is 9.50 Å². The summed E-state index contributed by atoms with van der Waals surface area (Å²) < 4.78 is 13.6. The maximum absolute atomic E-state index is 13.6. The van der Waals surface area contributed by atoms with Crippen molar-refractivity contribution in [1.82, 2.24) is 0 Å². The van der Waals surface area contributed by atoms with Crippen LogP contribution < -0.4 is 0 Å².